The Morgan fingerprint density at radius 2 is 1.71 bits per heavy atom. The molecule has 1 aromatic carbocycles. The number of imidazole rings is 1. The normalized spacial score (nSPS) is 10.9. The van der Waals surface area contributed by atoms with E-state index in [0.717, 1.165) is 16.6 Å². The summed E-state index contributed by atoms with van der Waals surface area (Å²) in [6.45, 7) is 0. The van der Waals surface area contributed by atoms with Gasteiger partial charge in [0.2, 0.25) is 0 Å². The van der Waals surface area contributed by atoms with Crippen LogP contribution >= 0.6 is 0 Å². The first-order valence-corrected chi connectivity index (χ1v) is 9.15. The molecule has 4 aromatic rings. The molecule has 0 bridgehead atoms. The van der Waals surface area contributed by atoms with Gasteiger partial charge in [-0.05, 0) is 12.1 Å². The van der Waals surface area contributed by atoms with Crippen LogP contribution in [0.5, 0.6) is 5.75 Å². The van der Waals surface area contributed by atoms with Crippen LogP contribution in [0.4, 0.5) is 5.82 Å². The van der Waals surface area contributed by atoms with Gasteiger partial charge in [0, 0.05) is 29.8 Å². The van der Waals surface area contributed by atoms with E-state index in [1.54, 1.807) is 31.0 Å². The Bertz CT molecular complexity index is 1310. The third-order valence-electron chi connectivity index (χ3n) is 4.96. The van der Waals surface area contributed by atoms with Crippen molar-refractivity contribution in [3.8, 4) is 17.0 Å². The van der Waals surface area contributed by atoms with Gasteiger partial charge in [-0.15, -0.1) is 0 Å². The van der Waals surface area contributed by atoms with Crippen molar-refractivity contribution in [2.24, 2.45) is 7.05 Å². The van der Waals surface area contributed by atoms with E-state index in [1.165, 1.54) is 7.11 Å². The monoisotopic (exact) mass is 399 g/mol. The van der Waals surface area contributed by atoms with Crippen molar-refractivity contribution in [1.82, 2.24) is 19.5 Å². The molecule has 0 atom stereocenters. The Kier molecular flexibility index (Phi) is 5.35. The summed E-state index contributed by atoms with van der Waals surface area (Å²) in [7, 11) is 27.2. The van der Waals surface area contributed by atoms with E-state index in [0.29, 0.717) is 5.52 Å². The number of benzene rings is 1. The SMILES string of the molecule is [B]c1c([B])c(C(=O)Nc2cc3cc(-c4cncn4C)cnc3cn2)c([B])c([B])c1OC. The van der Waals surface area contributed by atoms with Crippen LogP contribution in [0.2, 0.25) is 0 Å². The summed E-state index contributed by atoms with van der Waals surface area (Å²) in [4.78, 5) is 25.7. The minimum Gasteiger partial charge on any atom is -0.498 e. The van der Waals surface area contributed by atoms with Crippen LogP contribution in [-0.2, 0) is 7.05 Å². The smallest absolute Gasteiger partial charge is 0.255 e. The van der Waals surface area contributed by atoms with Gasteiger partial charge in [-0.2, -0.15) is 0 Å². The summed E-state index contributed by atoms with van der Waals surface area (Å²) in [6, 6.07) is 3.63. The number of anilines is 1. The number of rotatable bonds is 4. The number of nitrogens with zero attached hydrogens (tertiary/aromatic N) is 4. The molecule has 142 valence electrons. The van der Waals surface area contributed by atoms with Crippen molar-refractivity contribution < 1.29 is 9.53 Å². The van der Waals surface area contributed by atoms with E-state index < -0.39 is 5.91 Å². The lowest BCUT2D eigenvalue weighted by Gasteiger charge is -2.20. The van der Waals surface area contributed by atoms with Crippen molar-refractivity contribution in [3.63, 3.8) is 0 Å². The second-order valence-electron chi connectivity index (χ2n) is 6.89. The molecule has 0 saturated heterocycles. The number of aromatic nitrogens is 4. The molecule has 0 aliphatic heterocycles. The number of methoxy groups -OCH3 is 1. The Hall–Kier alpha value is -3.48. The number of pyridine rings is 2. The fourth-order valence-corrected chi connectivity index (χ4v) is 3.32. The Morgan fingerprint density at radius 1 is 1.00 bits per heavy atom. The van der Waals surface area contributed by atoms with Crippen LogP contribution in [0, 0.1) is 0 Å². The lowest BCUT2D eigenvalue weighted by Crippen LogP contribution is -2.47. The van der Waals surface area contributed by atoms with Gasteiger partial charge >= 0.3 is 0 Å². The second kappa shape index (κ2) is 7.98. The summed E-state index contributed by atoms with van der Waals surface area (Å²) >= 11 is 0. The van der Waals surface area contributed by atoms with Gasteiger partial charge in [-0.25, -0.2) is 9.97 Å². The minimum atomic E-state index is -0.598. The standard InChI is InChI=1S/C20H13B4N5O2/c1-29-8-25-7-12(29)10-3-9-4-13(27-6-11(9)26-5-10)28-20(30)14-15(21)17(23)19(31-2)18(24)16(14)22/h3-8H,1-2H3,(H,27,28,30). The van der Waals surface area contributed by atoms with E-state index in [4.69, 9.17) is 36.1 Å². The van der Waals surface area contributed by atoms with Gasteiger partial charge < -0.3 is 14.6 Å². The van der Waals surface area contributed by atoms with Gasteiger partial charge in [0.25, 0.3) is 5.91 Å². The summed E-state index contributed by atoms with van der Waals surface area (Å²) in [5.74, 6) is -0.184. The molecule has 0 fully saturated rings. The van der Waals surface area contributed by atoms with E-state index >= 15 is 0 Å². The highest BCUT2D eigenvalue weighted by molar-refractivity contribution is 6.61. The van der Waals surface area contributed by atoms with E-state index in [2.05, 4.69) is 20.3 Å². The first-order chi connectivity index (χ1) is 14.8. The third-order valence-corrected chi connectivity index (χ3v) is 4.96. The fourth-order valence-electron chi connectivity index (χ4n) is 3.32. The van der Waals surface area contributed by atoms with E-state index in [9.17, 15) is 4.79 Å². The number of carbonyl (C=O) groups is 1. The molecule has 0 saturated carbocycles. The quantitative estimate of drug-likeness (QED) is 0.422. The van der Waals surface area contributed by atoms with Gasteiger partial charge in [0.1, 0.15) is 43.0 Å². The number of hydrogen-bond donors (Lipinski definition) is 1. The first kappa shape index (κ1) is 20.8. The number of aryl methyl sites for hydroxylation is 1. The highest BCUT2D eigenvalue weighted by atomic mass is 16.5. The molecule has 1 N–H and O–H groups in total. The first-order valence-electron chi connectivity index (χ1n) is 9.15. The molecule has 8 radical (unpaired) electrons. The van der Waals surface area contributed by atoms with E-state index in [-0.39, 0.29) is 39.0 Å². The highest BCUT2D eigenvalue weighted by Gasteiger charge is 2.19. The largest absolute Gasteiger partial charge is 0.498 e. The van der Waals surface area contributed by atoms with E-state index in [1.807, 2.05) is 17.7 Å². The average molecular weight is 399 g/mol. The molecule has 11 heteroatoms. The predicted octanol–water partition coefficient (Wildman–Crippen LogP) is -1.53. The zero-order valence-corrected chi connectivity index (χ0v) is 16.9. The Morgan fingerprint density at radius 3 is 2.32 bits per heavy atom. The Labute approximate surface area is 184 Å². The van der Waals surface area contributed by atoms with Crippen molar-refractivity contribution >= 4 is 75.9 Å². The van der Waals surface area contributed by atoms with Crippen LogP contribution in [0.25, 0.3) is 22.2 Å². The topological polar surface area (TPSA) is 81.9 Å². The zero-order valence-electron chi connectivity index (χ0n) is 16.9. The van der Waals surface area contributed by atoms with Gasteiger partial charge in [0.15, 0.2) is 0 Å². The molecule has 4 rings (SSSR count). The van der Waals surface area contributed by atoms with Crippen LogP contribution in [0.15, 0.2) is 37.1 Å². The van der Waals surface area contributed by atoms with Crippen LogP contribution in [0.3, 0.4) is 0 Å². The summed E-state index contributed by atoms with van der Waals surface area (Å²) in [5, 5.41) is 3.46. The maximum Gasteiger partial charge on any atom is 0.255 e. The minimum absolute atomic E-state index is 0.0259. The zero-order chi connectivity index (χ0) is 22.3. The molecule has 0 aliphatic rings. The molecule has 0 aliphatic carbocycles. The van der Waals surface area contributed by atoms with Crippen LogP contribution in [-0.4, -0.2) is 63.9 Å². The average Bonchev–Trinajstić information content (AvgIpc) is 3.18. The second-order valence-corrected chi connectivity index (χ2v) is 6.89. The number of amides is 1. The van der Waals surface area contributed by atoms with Crippen LogP contribution < -0.4 is 31.9 Å². The molecular weight excluding hydrogens is 386 g/mol. The van der Waals surface area contributed by atoms with Crippen LogP contribution in [0.1, 0.15) is 10.4 Å². The predicted molar refractivity (Wildman–Crippen MR) is 124 cm³/mol. The lowest BCUT2D eigenvalue weighted by atomic mass is 9.66. The molecule has 3 aromatic heterocycles. The van der Waals surface area contributed by atoms with Gasteiger partial charge in [-0.3, -0.25) is 9.78 Å². The van der Waals surface area contributed by atoms with Crippen molar-refractivity contribution in [2.45, 2.75) is 0 Å². The van der Waals surface area contributed by atoms with Crippen molar-refractivity contribution in [1.29, 1.82) is 0 Å². The highest BCUT2D eigenvalue weighted by Crippen LogP contribution is 2.23. The number of fused-ring (bicyclic) bond motifs is 1. The summed E-state index contributed by atoms with van der Waals surface area (Å²) in [5.41, 5.74) is 2.43. The molecule has 0 spiro atoms. The third kappa shape index (κ3) is 3.60. The molecule has 0 unspecified atom stereocenters. The molecular formula is C20H13B4N5O2. The molecule has 31 heavy (non-hydrogen) atoms. The molecule has 1 amide bonds. The summed E-state index contributed by atoms with van der Waals surface area (Å²) < 4.78 is 7.01. The Balaban J connectivity index is 1.70. The molecule has 7 nitrogen and oxygen atoms in total. The van der Waals surface area contributed by atoms with Crippen molar-refractivity contribution in [2.75, 3.05) is 12.4 Å². The number of carbonyl (C=O) groups excluding carboxylic acids is 1. The fraction of sp³-hybridized carbons (Fsp3) is 0.100. The number of ether oxygens (including phenoxy) is 1. The maximum absolute atomic E-state index is 12.9. The van der Waals surface area contributed by atoms with Gasteiger partial charge in [0.05, 0.1) is 37.0 Å². The molecule has 3 heterocycles. The lowest BCUT2D eigenvalue weighted by molar-refractivity contribution is 0.102. The number of nitrogens with one attached hydrogen (secondary N) is 1. The van der Waals surface area contributed by atoms with Crippen molar-refractivity contribution in [3.05, 3.63) is 42.6 Å². The summed E-state index contributed by atoms with van der Waals surface area (Å²) in [6.07, 6.45) is 6.75. The maximum atomic E-state index is 12.9. The van der Waals surface area contributed by atoms with Gasteiger partial charge in [-0.1, -0.05) is 21.9 Å². The number of hydrogen-bond acceptors (Lipinski definition) is 5.